The zero-order valence-electron chi connectivity index (χ0n) is 17.8. The van der Waals surface area contributed by atoms with Crippen LogP contribution in [0.1, 0.15) is 29.6 Å². The number of aromatic nitrogens is 1. The number of anilines is 1. The molecule has 9 nitrogen and oxygen atoms in total. The van der Waals surface area contributed by atoms with Gasteiger partial charge in [0.15, 0.2) is 11.7 Å². The van der Waals surface area contributed by atoms with E-state index in [1.54, 1.807) is 23.1 Å². The summed E-state index contributed by atoms with van der Waals surface area (Å²) in [6.45, 7) is 7.48. The number of amides is 2. The molecule has 0 bridgehead atoms. The van der Waals surface area contributed by atoms with Gasteiger partial charge in [-0.1, -0.05) is 6.07 Å². The Morgan fingerprint density at radius 2 is 1.87 bits per heavy atom. The van der Waals surface area contributed by atoms with E-state index in [4.69, 9.17) is 4.42 Å². The average Bonchev–Trinajstić information content (AvgIpc) is 3.28. The lowest BCUT2D eigenvalue weighted by Gasteiger charge is -2.36. The molecule has 2 aromatic rings. The molecule has 0 radical (unpaired) electrons. The number of halogens is 1. The summed E-state index contributed by atoms with van der Waals surface area (Å²) in [6, 6.07) is 8.89. The van der Waals surface area contributed by atoms with Crippen LogP contribution in [0.5, 0.6) is 0 Å². The number of aliphatic imine (C=N–C) groups is 1. The standard InChI is InChI=1S/C21H28N6O3.HI/c1-3-22-21(23-10-9-19(28)25-18-8-4-6-16(2)24-18)27-13-11-26(12-14-27)20(29)17-7-5-15-30-17;/h4-8,15H,3,9-14H2,1-2H3,(H,22,23)(H,24,25,28);1H. The third-order valence-electron chi connectivity index (χ3n) is 4.69. The van der Waals surface area contributed by atoms with Crippen molar-refractivity contribution in [3.8, 4) is 0 Å². The number of rotatable bonds is 6. The first-order valence-electron chi connectivity index (χ1n) is 10.2. The molecule has 3 heterocycles. The monoisotopic (exact) mass is 540 g/mol. The van der Waals surface area contributed by atoms with Crippen molar-refractivity contribution in [3.63, 3.8) is 0 Å². The van der Waals surface area contributed by atoms with Gasteiger partial charge in [0.1, 0.15) is 5.82 Å². The normalized spacial score (nSPS) is 14.1. The van der Waals surface area contributed by atoms with E-state index in [2.05, 4.69) is 25.5 Å². The van der Waals surface area contributed by atoms with Gasteiger partial charge in [-0.25, -0.2) is 4.98 Å². The molecule has 0 aromatic carbocycles. The van der Waals surface area contributed by atoms with Gasteiger partial charge in [-0.05, 0) is 38.1 Å². The molecule has 0 aliphatic carbocycles. The summed E-state index contributed by atoms with van der Waals surface area (Å²) < 4.78 is 5.20. The molecule has 2 aromatic heterocycles. The van der Waals surface area contributed by atoms with Crippen molar-refractivity contribution in [2.45, 2.75) is 20.3 Å². The van der Waals surface area contributed by atoms with Crippen LogP contribution < -0.4 is 10.6 Å². The molecule has 3 rings (SSSR count). The predicted octanol–water partition coefficient (Wildman–Crippen LogP) is 2.35. The molecular formula is C21H29IN6O3. The van der Waals surface area contributed by atoms with E-state index < -0.39 is 0 Å². The molecule has 168 valence electrons. The first-order valence-corrected chi connectivity index (χ1v) is 10.2. The Morgan fingerprint density at radius 3 is 2.52 bits per heavy atom. The van der Waals surface area contributed by atoms with Crippen LogP contribution in [0.2, 0.25) is 0 Å². The lowest BCUT2D eigenvalue weighted by molar-refractivity contribution is -0.116. The van der Waals surface area contributed by atoms with Crippen LogP contribution in [0.15, 0.2) is 46.0 Å². The van der Waals surface area contributed by atoms with Crippen molar-refractivity contribution in [1.82, 2.24) is 20.1 Å². The molecule has 1 saturated heterocycles. The minimum Gasteiger partial charge on any atom is -0.459 e. The molecule has 2 amide bonds. The number of furan rings is 1. The Labute approximate surface area is 199 Å². The van der Waals surface area contributed by atoms with Crippen LogP contribution in [0.4, 0.5) is 5.82 Å². The topological polar surface area (TPSA) is 103 Å². The van der Waals surface area contributed by atoms with Gasteiger partial charge in [0.2, 0.25) is 5.91 Å². The zero-order chi connectivity index (χ0) is 21.3. The summed E-state index contributed by atoms with van der Waals surface area (Å²) >= 11 is 0. The Bertz CT molecular complexity index is 879. The fourth-order valence-electron chi connectivity index (χ4n) is 3.18. The Morgan fingerprint density at radius 1 is 1.13 bits per heavy atom. The third-order valence-corrected chi connectivity index (χ3v) is 4.69. The van der Waals surface area contributed by atoms with Gasteiger partial charge < -0.3 is 24.9 Å². The van der Waals surface area contributed by atoms with Gasteiger partial charge >= 0.3 is 0 Å². The van der Waals surface area contributed by atoms with Crippen LogP contribution in [0, 0.1) is 6.92 Å². The molecule has 2 N–H and O–H groups in total. The summed E-state index contributed by atoms with van der Waals surface area (Å²) in [5, 5.41) is 6.06. The lowest BCUT2D eigenvalue weighted by atomic mass is 10.3. The van der Waals surface area contributed by atoms with Crippen molar-refractivity contribution >= 4 is 47.6 Å². The summed E-state index contributed by atoms with van der Waals surface area (Å²) in [5.41, 5.74) is 0.852. The number of guanidine groups is 1. The lowest BCUT2D eigenvalue weighted by Crippen LogP contribution is -2.53. The highest BCUT2D eigenvalue weighted by molar-refractivity contribution is 14.0. The van der Waals surface area contributed by atoms with Crippen molar-refractivity contribution in [2.24, 2.45) is 4.99 Å². The molecule has 0 atom stereocenters. The van der Waals surface area contributed by atoms with E-state index in [0.29, 0.717) is 44.3 Å². The van der Waals surface area contributed by atoms with Crippen LogP contribution in [-0.2, 0) is 4.79 Å². The summed E-state index contributed by atoms with van der Waals surface area (Å²) in [5.74, 6) is 1.44. The van der Waals surface area contributed by atoms with Crippen LogP contribution >= 0.6 is 24.0 Å². The molecule has 31 heavy (non-hydrogen) atoms. The molecule has 0 unspecified atom stereocenters. The second-order valence-corrected chi connectivity index (χ2v) is 6.95. The van der Waals surface area contributed by atoms with Gasteiger partial charge in [-0.15, -0.1) is 24.0 Å². The largest absolute Gasteiger partial charge is 0.459 e. The van der Waals surface area contributed by atoms with E-state index in [0.717, 1.165) is 18.2 Å². The van der Waals surface area contributed by atoms with E-state index in [9.17, 15) is 9.59 Å². The van der Waals surface area contributed by atoms with Gasteiger partial charge in [0, 0.05) is 44.8 Å². The number of carbonyl (C=O) groups is 2. The van der Waals surface area contributed by atoms with Crippen LogP contribution in [-0.4, -0.2) is 71.8 Å². The zero-order valence-corrected chi connectivity index (χ0v) is 20.2. The van der Waals surface area contributed by atoms with Gasteiger partial charge in [0.05, 0.1) is 12.8 Å². The quantitative estimate of drug-likeness (QED) is 0.332. The van der Waals surface area contributed by atoms with Crippen molar-refractivity contribution in [3.05, 3.63) is 48.0 Å². The van der Waals surface area contributed by atoms with Crippen molar-refractivity contribution in [1.29, 1.82) is 0 Å². The second kappa shape index (κ2) is 12.3. The van der Waals surface area contributed by atoms with Crippen LogP contribution in [0.25, 0.3) is 0 Å². The Balaban J connectivity index is 0.00000341. The second-order valence-electron chi connectivity index (χ2n) is 6.95. The summed E-state index contributed by atoms with van der Waals surface area (Å²) in [4.78, 5) is 37.3. The fourth-order valence-corrected chi connectivity index (χ4v) is 3.18. The predicted molar refractivity (Wildman–Crippen MR) is 130 cm³/mol. The third kappa shape index (κ3) is 7.23. The minimum absolute atomic E-state index is 0. The number of aryl methyl sites for hydroxylation is 1. The number of carbonyl (C=O) groups excluding carboxylic acids is 2. The summed E-state index contributed by atoms with van der Waals surface area (Å²) in [7, 11) is 0. The van der Waals surface area contributed by atoms with E-state index in [1.165, 1.54) is 6.26 Å². The molecule has 1 fully saturated rings. The van der Waals surface area contributed by atoms with Crippen LogP contribution in [0.3, 0.4) is 0 Å². The van der Waals surface area contributed by atoms with Gasteiger partial charge in [0.25, 0.3) is 5.91 Å². The molecule has 1 aliphatic rings. The molecule has 10 heteroatoms. The average molecular weight is 540 g/mol. The summed E-state index contributed by atoms with van der Waals surface area (Å²) in [6.07, 6.45) is 1.77. The Kier molecular flexibility index (Phi) is 9.76. The van der Waals surface area contributed by atoms with Gasteiger partial charge in [-0.3, -0.25) is 14.6 Å². The number of hydrogen-bond donors (Lipinski definition) is 2. The van der Waals surface area contributed by atoms with E-state index in [-0.39, 0.29) is 42.2 Å². The van der Waals surface area contributed by atoms with Crippen molar-refractivity contribution in [2.75, 3.05) is 44.6 Å². The Hall–Kier alpha value is -2.63. The highest BCUT2D eigenvalue weighted by Gasteiger charge is 2.25. The number of nitrogens with zero attached hydrogens (tertiary/aromatic N) is 4. The van der Waals surface area contributed by atoms with Crippen molar-refractivity contribution < 1.29 is 14.0 Å². The van der Waals surface area contributed by atoms with Gasteiger partial charge in [-0.2, -0.15) is 0 Å². The number of pyridine rings is 1. The fraction of sp³-hybridized carbons (Fsp3) is 0.429. The first kappa shape index (κ1) is 24.6. The maximum absolute atomic E-state index is 12.4. The molecule has 0 spiro atoms. The molecule has 1 aliphatic heterocycles. The smallest absolute Gasteiger partial charge is 0.289 e. The van der Waals surface area contributed by atoms with E-state index in [1.807, 2.05) is 26.0 Å². The minimum atomic E-state index is -0.124. The maximum atomic E-state index is 12.4. The molecular weight excluding hydrogens is 511 g/mol. The number of nitrogens with one attached hydrogen (secondary N) is 2. The first-order chi connectivity index (χ1) is 14.6. The van der Waals surface area contributed by atoms with E-state index >= 15 is 0 Å². The number of piperazine rings is 1. The molecule has 0 saturated carbocycles. The highest BCUT2D eigenvalue weighted by atomic mass is 127. The maximum Gasteiger partial charge on any atom is 0.289 e. The SMILES string of the molecule is CCNC(=NCCC(=O)Nc1cccc(C)n1)N1CCN(C(=O)c2ccco2)CC1.I. The number of hydrogen-bond acceptors (Lipinski definition) is 5. The highest BCUT2D eigenvalue weighted by Crippen LogP contribution is 2.10.